The Morgan fingerprint density at radius 1 is 1.33 bits per heavy atom. The van der Waals surface area contributed by atoms with Gasteiger partial charge in [0.2, 0.25) is 0 Å². The first-order chi connectivity index (χ1) is 11.7. The van der Waals surface area contributed by atoms with Crippen LogP contribution in [0.4, 0.5) is 4.39 Å². The zero-order chi connectivity index (χ0) is 16.9. The molecule has 1 saturated heterocycles. The topological polar surface area (TPSA) is 45.7 Å². The first kappa shape index (κ1) is 16.9. The third-order valence-corrected chi connectivity index (χ3v) is 4.79. The Labute approximate surface area is 144 Å². The summed E-state index contributed by atoms with van der Waals surface area (Å²) in [6.07, 6.45) is 0.869. The molecule has 0 bridgehead atoms. The van der Waals surface area contributed by atoms with Gasteiger partial charge in [-0.25, -0.2) is 9.37 Å². The molecule has 2 heterocycles. The van der Waals surface area contributed by atoms with E-state index in [0.29, 0.717) is 18.8 Å². The van der Waals surface area contributed by atoms with Crippen molar-refractivity contribution in [1.29, 1.82) is 0 Å². The minimum atomic E-state index is -0.539. The van der Waals surface area contributed by atoms with Crippen molar-refractivity contribution < 1.29 is 13.9 Å². The lowest BCUT2D eigenvalue weighted by Crippen LogP contribution is -2.35. The maximum Gasteiger partial charge on any atom is 0.256 e. The molecule has 0 saturated carbocycles. The fourth-order valence-corrected chi connectivity index (χ4v) is 3.39. The van der Waals surface area contributed by atoms with E-state index in [1.165, 1.54) is 19.2 Å². The monoisotopic (exact) mass is 349 g/mol. The van der Waals surface area contributed by atoms with Gasteiger partial charge < -0.3 is 9.64 Å². The Bertz CT molecular complexity index is 693. The molecule has 24 heavy (non-hydrogen) atoms. The number of benzene rings is 1. The van der Waals surface area contributed by atoms with E-state index in [2.05, 4.69) is 9.88 Å². The number of hydrogen-bond donors (Lipinski definition) is 0. The number of methoxy groups -OCH3 is 1. The average molecular weight is 349 g/mol. The number of hydrogen-bond acceptors (Lipinski definition) is 5. The molecule has 1 amide bonds. The number of carbonyl (C=O) groups is 1. The largest absolute Gasteiger partial charge is 0.497 e. The lowest BCUT2D eigenvalue weighted by molar-refractivity contribution is 0.0756. The summed E-state index contributed by atoms with van der Waals surface area (Å²) in [5, 5.41) is 2.04. The minimum Gasteiger partial charge on any atom is -0.497 e. The standard InChI is InChI=1S/C17H20FN3O2S/c1-23-14-3-4-15(16(18)9-14)17(22)21-6-2-5-20(7-8-21)10-13-11-24-12-19-13/h3-4,9,11-12H,2,5-8,10H2,1H3. The second-order valence-electron chi connectivity index (χ2n) is 5.75. The lowest BCUT2D eigenvalue weighted by atomic mass is 10.1. The summed E-state index contributed by atoms with van der Waals surface area (Å²) in [6, 6.07) is 4.36. The van der Waals surface area contributed by atoms with Gasteiger partial charge in [-0.3, -0.25) is 9.69 Å². The van der Waals surface area contributed by atoms with Gasteiger partial charge in [0.1, 0.15) is 11.6 Å². The summed E-state index contributed by atoms with van der Waals surface area (Å²) >= 11 is 1.59. The smallest absolute Gasteiger partial charge is 0.256 e. The van der Waals surface area contributed by atoms with Crippen LogP contribution < -0.4 is 4.74 Å². The summed E-state index contributed by atoms with van der Waals surface area (Å²) in [6.45, 7) is 3.70. The second-order valence-corrected chi connectivity index (χ2v) is 6.47. The Morgan fingerprint density at radius 2 is 2.21 bits per heavy atom. The van der Waals surface area contributed by atoms with Crippen molar-refractivity contribution >= 4 is 17.2 Å². The fourth-order valence-electron chi connectivity index (χ4n) is 2.84. The van der Waals surface area contributed by atoms with Crippen LogP contribution >= 0.6 is 11.3 Å². The summed E-state index contributed by atoms with van der Waals surface area (Å²) in [4.78, 5) is 20.9. The van der Waals surface area contributed by atoms with Crippen molar-refractivity contribution in [2.24, 2.45) is 0 Å². The van der Waals surface area contributed by atoms with Gasteiger partial charge in [0, 0.05) is 44.2 Å². The zero-order valence-corrected chi connectivity index (χ0v) is 14.4. The molecule has 0 spiro atoms. The highest BCUT2D eigenvalue weighted by Gasteiger charge is 2.23. The number of nitrogens with zero attached hydrogens (tertiary/aromatic N) is 3. The molecular weight excluding hydrogens is 329 g/mol. The predicted molar refractivity (Wildman–Crippen MR) is 90.9 cm³/mol. The average Bonchev–Trinajstić information content (AvgIpc) is 2.98. The molecular formula is C17H20FN3O2S. The SMILES string of the molecule is COc1ccc(C(=O)N2CCCN(Cc3cscn3)CC2)c(F)c1. The van der Waals surface area contributed by atoms with Gasteiger partial charge in [0.25, 0.3) is 5.91 Å². The van der Waals surface area contributed by atoms with Crippen molar-refractivity contribution in [3.63, 3.8) is 0 Å². The summed E-state index contributed by atoms with van der Waals surface area (Å²) in [5.41, 5.74) is 2.99. The first-order valence-electron chi connectivity index (χ1n) is 7.89. The van der Waals surface area contributed by atoms with E-state index in [9.17, 15) is 9.18 Å². The van der Waals surface area contributed by atoms with Crippen molar-refractivity contribution in [3.05, 3.63) is 46.2 Å². The molecule has 0 radical (unpaired) electrons. The molecule has 0 atom stereocenters. The highest BCUT2D eigenvalue weighted by atomic mass is 32.1. The van der Waals surface area contributed by atoms with Gasteiger partial charge in [0.05, 0.1) is 23.9 Å². The molecule has 1 aromatic carbocycles. The van der Waals surface area contributed by atoms with E-state index in [0.717, 1.165) is 31.7 Å². The Morgan fingerprint density at radius 3 is 2.92 bits per heavy atom. The molecule has 1 aliphatic rings. The molecule has 7 heteroatoms. The molecule has 0 N–H and O–H groups in total. The van der Waals surface area contributed by atoms with Crippen molar-refractivity contribution in [2.45, 2.75) is 13.0 Å². The van der Waals surface area contributed by atoms with E-state index < -0.39 is 5.82 Å². The van der Waals surface area contributed by atoms with Crippen LogP contribution in [0.25, 0.3) is 0 Å². The highest BCUT2D eigenvalue weighted by molar-refractivity contribution is 7.07. The van der Waals surface area contributed by atoms with E-state index in [4.69, 9.17) is 4.74 Å². The summed E-state index contributed by atoms with van der Waals surface area (Å²) < 4.78 is 19.1. The highest BCUT2D eigenvalue weighted by Crippen LogP contribution is 2.19. The van der Waals surface area contributed by atoms with Gasteiger partial charge in [-0.1, -0.05) is 0 Å². The molecule has 0 aliphatic carbocycles. The van der Waals surface area contributed by atoms with Crippen LogP contribution in [0.2, 0.25) is 0 Å². The third kappa shape index (κ3) is 3.91. The van der Waals surface area contributed by atoms with E-state index in [1.54, 1.807) is 22.3 Å². The summed E-state index contributed by atoms with van der Waals surface area (Å²) in [5.74, 6) is -0.386. The lowest BCUT2D eigenvalue weighted by Gasteiger charge is -2.22. The maximum atomic E-state index is 14.1. The number of halogens is 1. The van der Waals surface area contributed by atoms with Gasteiger partial charge in [-0.2, -0.15) is 0 Å². The number of carbonyl (C=O) groups excluding carboxylic acids is 1. The zero-order valence-electron chi connectivity index (χ0n) is 13.6. The van der Waals surface area contributed by atoms with Crippen LogP contribution in [0.3, 0.4) is 0 Å². The number of rotatable bonds is 4. The minimum absolute atomic E-state index is 0.101. The van der Waals surface area contributed by atoms with Gasteiger partial charge in [-0.15, -0.1) is 11.3 Å². The van der Waals surface area contributed by atoms with Gasteiger partial charge >= 0.3 is 0 Å². The van der Waals surface area contributed by atoms with Crippen molar-refractivity contribution in [1.82, 2.24) is 14.8 Å². The number of ether oxygens (including phenoxy) is 1. The molecule has 2 aromatic rings. The van der Waals surface area contributed by atoms with Crippen LogP contribution in [0.1, 0.15) is 22.5 Å². The Balaban J connectivity index is 1.64. The van der Waals surface area contributed by atoms with Crippen molar-refractivity contribution in [3.8, 4) is 5.75 Å². The number of amides is 1. The number of aromatic nitrogens is 1. The van der Waals surface area contributed by atoms with Crippen LogP contribution in [0, 0.1) is 5.82 Å². The number of thiazole rings is 1. The molecule has 128 valence electrons. The molecule has 5 nitrogen and oxygen atoms in total. The van der Waals surface area contributed by atoms with Crippen LogP contribution in [-0.2, 0) is 6.54 Å². The first-order valence-corrected chi connectivity index (χ1v) is 8.84. The normalized spacial score (nSPS) is 16.0. The molecule has 1 fully saturated rings. The van der Waals surface area contributed by atoms with Crippen LogP contribution in [0.5, 0.6) is 5.75 Å². The molecule has 0 unspecified atom stereocenters. The van der Waals surface area contributed by atoms with Gasteiger partial charge in [0.15, 0.2) is 0 Å². The second kappa shape index (κ2) is 7.72. The fraction of sp³-hybridized carbons (Fsp3) is 0.412. The van der Waals surface area contributed by atoms with Crippen LogP contribution in [-0.4, -0.2) is 54.0 Å². The maximum absolute atomic E-state index is 14.1. The molecule has 3 rings (SSSR count). The van der Waals surface area contributed by atoms with Crippen LogP contribution in [0.15, 0.2) is 29.1 Å². The quantitative estimate of drug-likeness (QED) is 0.851. The van der Waals surface area contributed by atoms with E-state index in [-0.39, 0.29) is 11.5 Å². The Hall–Kier alpha value is -1.99. The Kier molecular flexibility index (Phi) is 5.42. The van der Waals surface area contributed by atoms with E-state index in [1.807, 2.05) is 10.9 Å². The third-order valence-electron chi connectivity index (χ3n) is 4.15. The van der Waals surface area contributed by atoms with Gasteiger partial charge in [-0.05, 0) is 18.6 Å². The molecule has 1 aromatic heterocycles. The van der Waals surface area contributed by atoms with E-state index >= 15 is 0 Å². The summed E-state index contributed by atoms with van der Waals surface area (Å²) in [7, 11) is 1.47. The van der Waals surface area contributed by atoms with Crippen molar-refractivity contribution in [2.75, 3.05) is 33.3 Å². The molecule has 1 aliphatic heterocycles. The predicted octanol–water partition coefficient (Wildman–Crippen LogP) is 2.64.